The first-order valence-corrected chi connectivity index (χ1v) is 57.6. The molecular formula is C117H195N3O21. The average Bonchev–Trinajstić information content (AvgIpc) is 0.739. The van der Waals surface area contributed by atoms with E-state index in [1.165, 1.54) is 74.9 Å². The first-order valence-electron chi connectivity index (χ1n) is 57.6. The van der Waals surface area contributed by atoms with Gasteiger partial charge in [0.05, 0.1) is 90.9 Å². The molecule has 0 aromatic heterocycles. The van der Waals surface area contributed by atoms with Crippen LogP contribution in [-0.4, -0.2) is 92.1 Å². The average molecular weight is 1980 g/mol. The van der Waals surface area contributed by atoms with Crippen molar-refractivity contribution in [3.05, 3.63) is 83.4 Å². The second-order valence-electron chi connectivity index (χ2n) is 39.3. The quantitative estimate of drug-likeness (QED) is 0.0130. The molecule has 0 heterocycles. The van der Waals surface area contributed by atoms with Crippen LogP contribution in [0.1, 0.15) is 556 Å². The van der Waals surface area contributed by atoms with Crippen LogP contribution in [0.25, 0.3) is 0 Å². The van der Waals surface area contributed by atoms with Gasteiger partial charge in [-0.1, -0.05) is 467 Å². The summed E-state index contributed by atoms with van der Waals surface area (Å²) >= 11 is 0. The molecule has 0 aliphatic rings. The van der Waals surface area contributed by atoms with Gasteiger partial charge in [0.25, 0.3) is 17.2 Å². The molecule has 0 aliphatic carbocycles. The van der Waals surface area contributed by atoms with Gasteiger partial charge < -0.3 is 56.8 Å². The van der Waals surface area contributed by atoms with Gasteiger partial charge in [0.2, 0.25) is 17.2 Å². The second-order valence-corrected chi connectivity index (χ2v) is 39.3. The van der Waals surface area contributed by atoms with Crippen LogP contribution < -0.4 is 56.8 Å². The van der Waals surface area contributed by atoms with E-state index in [-0.39, 0.29) is 111 Å². The van der Waals surface area contributed by atoms with E-state index in [1.54, 1.807) is 0 Å². The number of benzene rings is 4. The molecule has 4 aromatic rings. The Morgan fingerprint density at radius 1 is 0.177 bits per heavy atom. The standard InChI is InChI=1S/C117H195N3O21/c1-10-19-28-37-46-55-64-73-82-130-100-91-97(92-101(131-83-74-65-56-47-38-29-20-11-2)109(100)136-88-79-70-61-52-43-34-25-16-7)115(121)139-112-106(118(124)125)113(140-116(122)98-93-102(132-84-75-66-57-48-39-30-21-12-3)110(137-89-80-71-62-53-44-35-26-17-8)103(94-98)133-85-76-67-58-49-40-31-22-13-4)108(120(128)129)114(107(112)119(126)127)141-117(123)99-95-104(134-86-77-68-59-50-41-32-23-14-5)111(138-90-81-72-63-54-45-36-27-18-9)105(96-99)135-87-78-69-60-51-42-33-24-15-6/h91-96H,10-90H2,1-9H3. The Morgan fingerprint density at radius 2 is 0.291 bits per heavy atom. The number of ether oxygens (including phenoxy) is 12. The van der Waals surface area contributed by atoms with Crippen LogP contribution >= 0.6 is 0 Å². The van der Waals surface area contributed by atoms with Crippen molar-refractivity contribution in [2.45, 2.75) is 525 Å². The van der Waals surface area contributed by atoms with Crippen molar-refractivity contribution in [2.24, 2.45) is 0 Å². The summed E-state index contributed by atoms with van der Waals surface area (Å²) in [5.74, 6) is -8.20. The van der Waals surface area contributed by atoms with E-state index in [9.17, 15) is 30.3 Å². The van der Waals surface area contributed by atoms with Gasteiger partial charge >= 0.3 is 35.0 Å². The minimum absolute atomic E-state index is 0.0635. The highest BCUT2D eigenvalue weighted by molar-refractivity contribution is 6.00. The van der Waals surface area contributed by atoms with E-state index in [0.717, 1.165) is 366 Å². The van der Waals surface area contributed by atoms with Gasteiger partial charge in [0, 0.05) is 0 Å². The molecule has 0 saturated heterocycles. The number of unbranched alkanes of at least 4 members (excludes halogenated alkanes) is 63. The van der Waals surface area contributed by atoms with E-state index >= 15 is 14.4 Å². The zero-order chi connectivity index (χ0) is 102. The number of nitrogens with zero attached hydrogens (tertiary/aromatic N) is 3. The van der Waals surface area contributed by atoms with E-state index in [1.807, 2.05) is 0 Å². The molecule has 0 N–H and O–H groups in total. The highest BCUT2D eigenvalue weighted by Gasteiger charge is 2.49. The molecule has 0 unspecified atom stereocenters. The lowest BCUT2D eigenvalue weighted by Gasteiger charge is -2.20. The van der Waals surface area contributed by atoms with Crippen molar-refractivity contribution >= 4 is 35.0 Å². The Labute approximate surface area is 852 Å². The smallest absolute Gasteiger partial charge is 0.368 e. The summed E-state index contributed by atoms with van der Waals surface area (Å²) in [5, 5.41) is 43.7. The fourth-order valence-electron chi connectivity index (χ4n) is 17.8. The molecule has 0 radical (unpaired) electrons. The van der Waals surface area contributed by atoms with Crippen molar-refractivity contribution in [1.29, 1.82) is 0 Å². The number of nitro benzene ring substituents is 3. The maximum Gasteiger partial charge on any atom is 0.368 e. The summed E-state index contributed by atoms with van der Waals surface area (Å²) in [6.07, 6.45) is 72.9. The van der Waals surface area contributed by atoms with Crippen molar-refractivity contribution in [1.82, 2.24) is 0 Å². The minimum atomic E-state index is -1.70. The number of nitro groups is 3. The lowest BCUT2D eigenvalue weighted by molar-refractivity contribution is -0.406. The number of esters is 3. The number of hydrogen-bond donors (Lipinski definition) is 0. The Morgan fingerprint density at radius 3 is 0.411 bits per heavy atom. The van der Waals surface area contributed by atoms with E-state index in [2.05, 4.69) is 62.3 Å². The normalized spacial score (nSPS) is 11.3. The van der Waals surface area contributed by atoms with Gasteiger partial charge in [-0.05, 0) is 94.2 Å². The summed E-state index contributed by atoms with van der Waals surface area (Å²) in [7, 11) is 0. The SMILES string of the molecule is CCCCCCCCCCOc1cc(C(=O)Oc2c([N+](=O)[O-])c(OC(=O)c3cc(OCCCCCCCCCC)c(OCCCCCCCCCC)c(OCCCCCCCCCC)c3)c([N+](=O)[O-])c(OC(=O)c3cc(OCCCCCCCCCC)c(OCCCCCCCCCC)c(OCCCCCCCCCC)c3)c2[N+](=O)[O-])cc(OCCCCCCCCCC)c1OCCCCCCCCCC. The summed E-state index contributed by atoms with van der Waals surface area (Å²) in [5.41, 5.74) is -6.28. The molecule has 4 rings (SSSR count). The lowest BCUT2D eigenvalue weighted by atomic mass is 10.1. The molecule has 0 bridgehead atoms. The van der Waals surface area contributed by atoms with Gasteiger partial charge in [0.15, 0.2) is 34.5 Å². The van der Waals surface area contributed by atoms with Gasteiger partial charge in [-0.25, -0.2) is 14.4 Å². The predicted molar refractivity (Wildman–Crippen MR) is 574 cm³/mol. The third kappa shape index (κ3) is 56.1. The predicted octanol–water partition coefficient (Wildman–Crippen LogP) is 36.7. The summed E-state index contributed by atoms with van der Waals surface area (Å²) < 4.78 is 78.3. The topological polar surface area (TPSA) is 291 Å². The molecule has 0 atom stereocenters. The van der Waals surface area contributed by atoms with Gasteiger partial charge in [-0.15, -0.1) is 0 Å². The largest absolute Gasteiger partial charge is 0.490 e. The maximum absolute atomic E-state index is 15.9. The molecule has 0 aliphatic heterocycles. The van der Waals surface area contributed by atoms with Crippen molar-refractivity contribution in [2.75, 3.05) is 59.5 Å². The van der Waals surface area contributed by atoms with Crippen LogP contribution in [0.4, 0.5) is 17.1 Å². The monoisotopic (exact) mass is 1980 g/mol. The van der Waals surface area contributed by atoms with E-state index < -0.39 is 83.7 Å². The highest BCUT2D eigenvalue weighted by atomic mass is 16.7. The molecule has 0 amide bonds. The maximum atomic E-state index is 15.9. The Hall–Kier alpha value is -8.31. The molecular weight excluding hydrogens is 1780 g/mol. The van der Waals surface area contributed by atoms with Crippen LogP contribution in [0.2, 0.25) is 0 Å². The van der Waals surface area contributed by atoms with Crippen LogP contribution in [0.15, 0.2) is 36.4 Å². The van der Waals surface area contributed by atoms with Crippen LogP contribution in [0, 0.1) is 30.3 Å². The zero-order valence-electron chi connectivity index (χ0n) is 90.2. The molecule has 4 aromatic carbocycles. The van der Waals surface area contributed by atoms with Crippen molar-refractivity contribution in [3.8, 4) is 69.0 Å². The van der Waals surface area contributed by atoms with Crippen LogP contribution in [0.3, 0.4) is 0 Å². The molecule has 0 spiro atoms. The molecule has 0 fully saturated rings. The minimum Gasteiger partial charge on any atom is -0.490 e. The van der Waals surface area contributed by atoms with E-state index in [0.29, 0.717) is 57.8 Å². The summed E-state index contributed by atoms with van der Waals surface area (Å²) in [6, 6.07) is 7.93. The summed E-state index contributed by atoms with van der Waals surface area (Å²) in [6.45, 7) is 21.5. The number of hydrogen-bond acceptors (Lipinski definition) is 21. The zero-order valence-corrected chi connectivity index (χ0v) is 90.2. The van der Waals surface area contributed by atoms with Gasteiger partial charge in [-0.2, -0.15) is 0 Å². The first-order chi connectivity index (χ1) is 69.1. The van der Waals surface area contributed by atoms with Crippen molar-refractivity contribution < 1.29 is 86.0 Å². The van der Waals surface area contributed by atoms with Gasteiger partial charge in [0.1, 0.15) is 0 Å². The Bertz CT molecular complexity index is 3370. The molecule has 804 valence electrons. The number of carbonyl (C=O) groups excluding carboxylic acids is 3. The molecule has 24 heteroatoms. The van der Waals surface area contributed by atoms with Crippen LogP contribution in [-0.2, 0) is 0 Å². The first kappa shape index (κ1) is 125. The third-order valence-electron chi connectivity index (χ3n) is 26.5. The van der Waals surface area contributed by atoms with Gasteiger partial charge in [-0.3, -0.25) is 30.3 Å². The number of carbonyl (C=O) groups is 3. The molecule has 141 heavy (non-hydrogen) atoms. The summed E-state index contributed by atoms with van der Waals surface area (Å²) in [4.78, 5) is 87.6. The van der Waals surface area contributed by atoms with E-state index in [4.69, 9.17) is 56.8 Å². The Kier molecular flexibility index (Phi) is 75.3. The highest BCUT2D eigenvalue weighted by Crippen LogP contribution is 2.58. The fourth-order valence-corrected chi connectivity index (χ4v) is 17.8. The lowest BCUT2D eigenvalue weighted by Crippen LogP contribution is -2.18. The fraction of sp³-hybridized carbons (Fsp3) is 0.769. The molecule has 24 nitrogen and oxygen atoms in total. The Balaban J connectivity index is 2.20. The second kappa shape index (κ2) is 85.0. The van der Waals surface area contributed by atoms with Crippen LogP contribution in [0.5, 0.6) is 69.0 Å². The third-order valence-corrected chi connectivity index (χ3v) is 26.5. The number of rotatable bonds is 99. The molecule has 0 saturated carbocycles. The van der Waals surface area contributed by atoms with Crippen molar-refractivity contribution in [3.63, 3.8) is 0 Å².